The molecule has 3 aromatic carbocycles. The fraction of sp³-hybridized carbons (Fsp3) is 0.300. The monoisotopic (exact) mass is 569 g/mol. The minimum Gasteiger partial charge on any atom is -0.481 e. The number of carbonyl (C=O) groups is 3. The average Bonchev–Trinajstić information content (AvgIpc) is 3.24. The zero-order chi connectivity index (χ0) is 29.9. The molecule has 4 rings (SSSR count). The number of benzene rings is 3. The number of anilines is 2. The summed E-state index contributed by atoms with van der Waals surface area (Å²) in [6.45, 7) is 6.44. The van der Waals surface area contributed by atoms with E-state index in [0.29, 0.717) is 16.9 Å². The summed E-state index contributed by atoms with van der Waals surface area (Å²) in [6.07, 6.45) is -5.03. The van der Waals surface area contributed by atoms with Crippen LogP contribution in [0.25, 0.3) is 0 Å². The molecule has 0 aromatic heterocycles. The Kier molecular flexibility index (Phi) is 8.27. The number of aliphatic carboxylic acids is 1. The van der Waals surface area contributed by atoms with E-state index in [1.54, 1.807) is 29.2 Å². The average molecular weight is 570 g/mol. The molecule has 1 aliphatic heterocycles. The van der Waals surface area contributed by atoms with Gasteiger partial charge in [0.2, 0.25) is 0 Å². The predicted molar refractivity (Wildman–Crippen MR) is 147 cm³/mol. The van der Waals surface area contributed by atoms with Crippen molar-refractivity contribution in [2.75, 3.05) is 22.9 Å². The summed E-state index contributed by atoms with van der Waals surface area (Å²) in [5, 5.41) is 11.3. The fourth-order valence-electron chi connectivity index (χ4n) is 4.55. The van der Waals surface area contributed by atoms with Crippen molar-refractivity contribution >= 4 is 29.3 Å². The quantitative estimate of drug-likeness (QED) is 0.333. The third-order valence-electron chi connectivity index (χ3n) is 6.68. The molecule has 0 radical (unpaired) electrons. The van der Waals surface area contributed by atoms with Crippen molar-refractivity contribution < 1.29 is 37.4 Å². The smallest absolute Gasteiger partial charge is 0.481 e. The Morgan fingerprint density at radius 2 is 1.51 bits per heavy atom. The summed E-state index contributed by atoms with van der Waals surface area (Å²) in [5.74, 6) is -1.83. The third-order valence-corrected chi connectivity index (χ3v) is 6.68. The molecule has 1 saturated heterocycles. The molecule has 3 aromatic rings. The lowest BCUT2D eigenvalue weighted by Gasteiger charge is -2.25. The summed E-state index contributed by atoms with van der Waals surface area (Å²) in [7, 11) is 0. The van der Waals surface area contributed by atoms with Crippen LogP contribution in [0.2, 0.25) is 0 Å². The van der Waals surface area contributed by atoms with Gasteiger partial charge in [-0.15, -0.1) is 13.2 Å². The van der Waals surface area contributed by atoms with Crippen molar-refractivity contribution in [1.29, 1.82) is 0 Å². The van der Waals surface area contributed by atoms with Crippen LogP contribution in [0.15, 0.2) is 72.8 Å². The number of ether oxygens (including phenoxy) is 1. The Balaban J connectivity index is 1.63. The number of urea groups is 1. The molecule has 216 valence electrons. The van der Waals surface area contributed by atoms with Crippen LogP contribution < -0.4 is 19.9 Å². The van der Waals surface area contributed by atoms with E-state index in [1.165, 1.54) is 17.0 Å². The van der Waals surface area contributed by atoms with Crippen LogP contribution in [-0.4, -0.2) is 42.5 Å². The number of carbonyl (C=O) groups excluding carboxylic acids is 2. The highest BCUT2D eigenvalue weighted by molar-refractivity contribution is 6.07. The minimum atomic E-state index is -4.83. The van der Waals surface area contributed by atoms with E-state index in [1.807, 2.05) is 24.3 Å². The van der Waals surface area contributed by atoms with Gasteiger partial charge in [0, 0.05) is 23.5 Å². The van der Waals surface area contributed by atoms with Gasteiger partial charge in [-0.05, 0) is 65.1 Å². The van der Waals surface area contributed by atoms with Gasteiger partial charge in [0.05, 0.1) is 19.0 Å². The number of nitrogens with one attached hydrogen (secondary N) is 1. The first-order chi connectivity index (χ1) is 19.2. The summed E-state index contributed by atoms with van der Waals surface area (Å²) >= 11 is 0. The Hall–Kier alpha value is -4.54. The van der Waals surface area contributed by atoms with Crippen LogP contribution >= 0.6 is 0 Å². The normalized spacial score (nSPS) is 15.7. The molecule has 8 nitrogen and oxygen atoms in total. The lowest BCUT2D eigenvalue weighted by molar-refractivity contribution is -0.274. The number of carboxylic acid groups (broad SMARTS) is 1. The molecule has 3 amide bonds. The van der Waals surface area contributed by atoms with Gasteiger partial charge >= 0.3 is 18.4 Å². The first-order valence-corrected chi connectivity index (χ1v) is 12.9. The summed E-state index contributed by atoms with van der Waals surface area (Å²) < 4.78 is 41.8. The van der Waals surface area contributed by atoms with Crippen LogP contribution in [0, 0.1) is 0 Å². The van der Waals surface area contributed by atoms with Crippen LogP contribution in [0.3, 0.4) is 0 Å². The van der Waals surface area contributed by atoms with E-state index in [-0.39, 0.29) is 31.0 Å². The molecule has 1 aliphatic rings. The molecule has 2 N–H and O–H groups in total. The first kappa shape index (κ1) is 29.4. The largest absolute Gasteiger partial charge is 0.573 e. The molecule has 1 unspecified atom stereocenters. The van der Waals surface area contributed by atoms with Gasteiger partial charge < -0.3 is 15.2 Å². The minimum absolute atomic E-state index is 0.00680. The number of alkyl halides is 3. The molecule has 0 spiro atoms. The second-order valence-electron chi connectivity index (χ2n) is 10.6. The third kappa shape index (κ3) is 7.16. The van der Waals surface area contributed by atoms with Crippen molar-refractivity contribution in [2.45, 2.75) is 45.0 Å². The van der Waals surface area contributed by atoms with Gasteiger partial charge in [0.1, 0.15) is 5.75 Å². The van der Waals surface area contributed by atoms with Crippen molar-refractivity contribution in [3.05, 3.63) is 89.5 Å². The zero-order valence-electron chi connectivity index (χ0n) is 22.7. The summed E-state index contributed by atoms with van der Waals surface area (Å²) in [5.41, 5.74) is 3.10. The summed E-state index contributed by atoms with van der Waals surface area (Å²) in [6, 6.07) is 18.6. The number of hydrogen-bond acceptors (Lipinski definition) is 4. The Labute approximate surface area is 235 Å². The maximum Gasteiger partial charge on any atom is 0.573 e. The maximum atomic E-state index is 13.8. The molecule has 1 heterocycles. The van der Waals surface area contributed by atoms with Gasteiger partial charge in [-0.3, -0.25) is 19.4 Å². The predicted octanol–water partition coefficient (Wildman–Crippen LogP) is 6.28. The second-order valence-corrected chi connectivity index (χ2v) is 10.6. The Morgan fingerprint density at radius 1 is 0.927 bits per heavy atom. The van der Waals surface area contributed by atoms with Crippen LogP contribution in [0.5, 0.6) is 5.75 Å². The second kappa shape index (κ2) is 11.5. The van der Waals surface area contributed by atoms with E-state index in [2.05, 4.69) is 30.8 Å². The molecule has 1 atom stereocenters. The van der Waals surface area contributed by atoms with Gasteiger partial charge in [0.15, 0.2) is 0 Å². The standard InChI is InChI=1S/C30H30F3N3O5/c1-29(2,3)21-8-10-23(11-9-21)36-25(19-4-6-20(7-5-19)27(39)34-17-16-26(37)38)18-35(28(36)40)22-12-14-24(15-13-22)41-30(31,32)33/h4-15,25H,16-18H2,1-3H3,(H,34,39)(H,37,38). The Morgan fingerprint density at radius 3 is 2.05 bits per heavy atom. The van der Waals surface area contributed by atoms with Gasteiger partial charge in [0.25, 0.3) is 5.91 Å². The maximum absolute atomic E-state index is 13.8. The number of carboxylic acids is 1. The summed E-state index contributed by atoms with van der Waals surface area (Å²) in [4.78, 5) is 40.0. The fourth-order valence-corrected chi connectivity index (χ4v) is 4.55. The van der Waals surface area contributed by atoms with Gasteiger partial charge in [-0.25, -0.2) is 4.79 Å². The topological polar surface area (TPSA) is 99.2 Å². The molecule has 0 saturated carbocycles. The number of amides is 3. The number of hydrogen-bond donors (Lipinski definition) is 2. The van der Waals surface area contributed by atoms with E-state index in [9.17, 15) is 27.6 Å². The van der Waals surface area contributed by atoms with Crippen molar-refractivity contribution in [3.63, 3.8) is 0 Å². The Bertz CT molecular complexity index is 1400. The lowest BCUT2D eigenvalue weighted by atomic mass is 9.87. The first-order valence-electron chi connectivity index (χ1n) is 12.9. The molecule has 0 bridgehead atoms. The SMILES string of the molecule is CC(C)(C)c1ccc(N2C(=O)N(c3ccc(OC(F)(F)F)cc3)CC2c2ccc(C(=O)NCCC(=O)O)cc2)cc1. The van der Waals surface area contributed by atoms with Gasteiger partial charge in [-0.2, -0.15) is 0 Å². The number of nitrogens with zero attached hydrogens (tertiary/aromatic N) is 2. The zero-order valence-corrected chi connectivity index (χ0v) is 22.7. The van der Waals surface area contributed by atoms with Crippen molar-refractivity contribution in [2.24, 2.45) is 0 Å². The number of rotatable bonds is 8. The van der Waals surface area contributed by atoms with Gasteiger partial charge in [-0.1, -0.05) is 45.0 Å². The van der Waals surface area contributed by atoms with Crippen molar-refractivity contribution in [1.82, 2.24) is 5.32 Å². The lowest BCUT2D eigenvalue weighted by Crippen LogP contribution is -2.32. The molecule has 11 heteroatoms. The van der Waals surface area contributed by atoms with E-state index in [0.717, 1.165) is 23.3 Å². The highest BCUT2D eigenvalue weighted by Gasteiger charge is 2.40. The van der Waals surface area contributed by atoms with Crippen LogP contribution in [0.4, 0.5) is 29.3 Å². The number of halogens is 3. The molecule has 1 fully saturated rings. The van der Waals surface area contributed by atoms with Crippen LogP contribution in [0.1, 0.15) is 54.7 Å². The molecule has 41 heavy (non-hydrogen) atoms. The molecular weight excluding hydrogens is 539 g/mol. The van der Waals surface area contributed by atoms with E-state index < -0.39 is 30.0 Å². The molecular formula is C30H30F3N3O5. The highest BCUT2D eigenvalue weighted by atomic mass is 19.4. The van der Waals surface area contributed by atoms with E-state index >= 15 is 0 Å². The highest BCUT2D eigenvalue weighted by Crippen LogP contribution is 2.38. The van der Waals surface area contributed by atoms with Crippen molar-refractivity contribution in [3.8, 4) is 5.75 Å². The molecule has 0 aliphatic carbocycles. The van der Waals surface area contributed by atoms with E-state index in [4.69, 9.17) is 5.11 Å². The van der Waals surface area contributed by atoms with Crippen LogP contribution in [-0.2, 0) is 10.2 Å².